The summed E-state index contributed by atoms with van der Waals surface area (Å²) in [6.45, 7) is 3.65. The van der Waals surface area contributed by atoms with Crippen LogP contribution in [0.15, 0.2) is 188 Å². The number of hydrogen-bond donors (Lipinski definition) is 1. The minimum absolute atomic E-state index is 0.00515. The second-order valence-corrected chi connectivity index (χ2v) is 16.5. The highest BCUT2D eigenvalue weighted by molar-refractivity contribution is 6.12. The van der Waals surface area contributed by atoms with E-state index in [1.54, 1.807) is 67.6 Å². The zero-order chi connectivity index (χ0) is 50.7. The van der Waals surface area contributed by atoms with Gasteiger partial charge < -0.3 is 9.47 Å². The quantitative estimate of drug-likeness (QED) is 0.0496. The molecule has 0 aliphatic heterocycles. The van der Waals surface area contributed by atoms with Gasteiger partial charge in [0.25, 0.3) is 0 Å². The number of rotatable bonds is 14. The predicted molar refractivity (Wildman–Crippen MR) is 251 cm³/mol. The molecule has 1 N–H and O–H groups in total. The standard InChI is InChI=1S/C57H38F6O8/c1-34-6-9-37(10-7-34)51(64)39-16-24-46(25-17-39)69-48-28-20-44(21-29-48)55(56(58,59)60,57(61,62)63)45-22-30-49(31-23-45)70-47-26-18-40(19-27-47)52(65)38-14-12-36(13-15-38)41-11-8-35(2)50(33-41)53(66)42-4-3-5-43(32-42)54(67)71-68/h3-33,68H,1-2H3. The first-order valence-corrected chi connectivity index (χ1v) is 21.6. The molecule has 14 heteroatoms. The Morgan fingerprint density at radius 3 is 1.21 bits per heavy atom. The van der Waals surface area contributed by atoms with E-state index in [4.69, 9.17) is 14.7 Å². The zero-order valence-electron chi connectivity index (χ0n) is 37.5. The number of carbonyl (C=O) groups excluding carboxylic acids is 4. The van der Waals surface area contributed by atoms with Gasteiger partial charge in [0, 0.05) is 33.4 Å². The monoisotopic (exact) mass is 964 g/mol. The summed E-state index contributed by atoms with van der Waals surface area (Å²) in [5.41, 5.74) is -1.64. The Hall–Kier alpha value is -8.62. The summed E-state index contributed by atoms with van der Waals surface area (Å²) in [6, 6.07) is 43.2. The largest absolute Gasteiger partial charge is 0.457 e. The summed E-state index contributed by atoms with van der Waals surface area (Å²) in [4.78, 5) is 55.3. The van der Waals surface area contributed by atoms with Gasteiger partial charge in [-0.3, -0.25) is 19.3 Å². The van der Waals surface area contributed by atoms with Crippen LogP contribution in [0.3, 0.4) is 0 Å². The molecule has 8 rings (SSSR count). The van der Waals surface area contributed by atoms with Gasteiger partial charge in [0.2, 0.25) is 5.41 Å². The Bertz CT molecular complexity index is 3240. The van der Waals surface area contributed by atoms with Crippen LogP contribution in [0.4, 0.5) is 26.3 Å². The minimum Gasteiger partial charge on any atom is -0.457 e. The molecule has 356 valence electrons. The topological polar surface area (TPSA) is 116 Å². The molecule has 71 heavy (non-hydrogen) atoms. The van der Waals surface area contributed by atoms with Crippen molar-refractivity contribution in [2.24, 2.45) is 0 Å². The van der Waals surface area contributed by atoms with Crippen molar-refractivity contribution in [1.82, 2.24) is 0 Å². The van der Waals surface area contributed by atoms with Crippen LogP contribution in [-0.4, -0.2) is 40.9 Å². The van der Waals surface area contributed by atoms with Gasteiger partial charge in [-0.1, -0.05) is 103 Å². The van der Waals surface area contributed by atoms with E-state index < -0.39 is 34.9 Å². The van der Waals surface area contributed by atoms with E-state index in [1.807, 2.05) is 13.0 Å². The normalized spacial score (nSPS) is 11.7. The van der Waals surface area contributed by atoms with Crippen molar-refractivity contribution in [3.05, 3.63) is 249 Å². The fraction of sp³-hybridized carbons (Fsp3) is 0.0877. The van der Waals surface area contributed by atoms with Crippen molar-refractivity contribution < 1.29 is 65.1 Å². The van der Waals surface area contributed by atoms with E-state index in [0.29, 0.717) is 63.2 Å². The number of aryl methyl sites for hydroxylation is 2. The molecule has 0 spiro atoms. The highest BCUT2D eigenvalue weighted by atomic mass is 19.4. The Balaban J connectivity index is 0.940. The van der Waals surface area contributed by atoms with Crippen molar-refractivity contribution in [3.8, 4) is 34.1 Å². The van der Waals surface area contributed by atoms with Crippen LogP contribution in [0.1, 0.15) is 80.4 Å². The molecule has 8 aromatic carbocycles. The van der Waals surface area contributed by atoms with Crippen molar-refractivity contribution in [3.63, 3.8) is 0 Å². The fourth-order valence-corrected chi connectivity index (χ4v) is 8.04. The Morgan fingerprint density at radius 1 is 0.408 bits per heavy atom. The Labute approximate surface area is 402 Å². The molecule has 0 aromatic heterocycles. The van der Waals surface area contributed by atoms with Crippen molar-refractivity contribution in [2.45, 2.75) is 31.6 Å². The van der Waals surface area contributed by atoms with Crippen LogP contribution in [0.5, 0.6) is 23.0 Å². The lowest BCUT2D eigenvalue weighted by Gasteiger charge is -2.38. The predicted octanol–water partition coefficient (Wildman–Crippen LogP) is 14.3. The summed E-state index contributed by atoms with van der Waals surface area (Å²) in [5.74, 6) is -1.74. The lowest BCUT2D eigenvalue weighted by Crippen LogP contribution is -2.54. The molecular weight excluding hydrogens is 927 g/mol. The van der Waals surface area contributed by atoms with Gasteiger partial charge in [0.05, 0.1) is 5.56 Å². The minimum atomic E-state index is -5.85. The van der Waals surface area contributed by atoms with E-state index in [-0.39, 0.29) is 57.0 Å². The van der Waals surface area contributed by atoms with Crippen LogP contribution in [0, 0.1) is 13.8 Å². The molecule has 0 amide bonds. The molecule has 8 aromatic rings. The number of alkyl halides is 6. The van der Waals surface area contributed by atoms with Crippen LogP contribution in [0.2, 0.25) is 0 Å². The lowest BCUT2D eigenvalue weighted by atomic mass is 9.73. The average Bonchev–Trinajstić information content (AvgIpc) is 3.37. The van der Waals surface area contributed by atoms with Gasteiger partial charge in [-0.05, 0) is 133 Å². The summed E-state index contributed by atoms with van der Waals surface area (Å²) in [5, 5.41) is 8.75. The van der Waals surface area contributed by atoms with Crippen molar-refractivity contribution >= 4 is 23.3 Å². The average molecular weight is 965 g/mol. The third kappa shape index (κ3) is 10.1. The van der Waals surface area contributed by atoms with Gasteiger partial charge in [0.15, 0.2) is 17.3 Å². The lowest BCUT2D eigenvalue weighted by molar-refractivity contribution is -0.288. The summed E-state index contributed by atoms with van der Waals surface area (Å²) in [6.07, 6.45) is -11.7. The van der Waals surface area contributed by atoms with Crippen LogP contribution < -0.4 is 9.47 Å². The zero-order valence-corrected chi connectivity index (χ0v) is 37.5. The highest BCUT2D eigenvalue weighted by Gasteiger charge is 2.72. The highest BCUT2D eigenvalue weighted by Crippen LogP contribution is 2.56. The second-order valence-electron chi connectivity index (χ2n) is 16.5. The number of benzene rings is 8. The first-order chi connectivity index (χ1) is 33.9. The summed E-state index contributed by atoms with van der Waals surface area (Å²) >= 11 is 0. The van der Waals surface area contributed by atoms with Gasteiger partial charge >= 0.3 is 18.3 Å². The van der Waals surface area contributed by atoms with E-state index in [2.05, 4.69) is 4.89 Å². The van der Waals surface area contributed by atoms with Crippen molar-refractivity contribution in [1.29, 1.82) is 0 Å². The van der Waals surface area contributed by atoms with E-state index in [0.717, 1.165) is 29.8 Å². The molecule has 0 saturated heterocycles. The maximum atomic E-state index is 15.0. The first kappa shape index (κ1) is 48.8. The molecule has 0 aliphatic carbocycles. The van der Waals surface area contributed by atoms with E-state index in [1.165, 1.54) is 72.8 Å². The first-order valence-electron chi connectivity index (χ1n) is 21.6. The molecule has 0 saturated carbocycles. The molecule has 0 heterocycles. The molecule has 0 bridgehead atoms. The number of hydrogen-bond acceptors (Lipinski definition) is 8. The summed E-state index contributed by atoms with van der Waals surface area (Å²) < 4.78 is 101. The van der Waals surface area contributed by atoms with Gasteiger partial charge in [-0.2, -0.15) is 31.6 Å². The summed E-state index contributed by atoms with van der Waals surface area (Å²) in [7, 11) is 0. The SMILES string of the molecule is Cc1ccc(C(=O)c2ccc(Oc3ccc(C(c4ccc(Oc5ccc(C(=O)c6ccc(-c7ccc(C)c(C(=O)c8cccc(C(=O)OO)c8)c7)cc6)cc5)cc4)(C(F)(F)F)C(F)(F)F)cc3)cc2)cc1. The Morgan fingerprint density at radius 2 is 0.789 bits per heavy atom. The fourth-order valence-electron chi connectivity index (χ4n) is 8.04. The van der Waals surface area contributed by atoms with Gasteiger partial charge in [-0.25, -0.2) is 4.79 Å². The molecule has 0 atom stereocenters. The molecule has 0 unspecified atom stereocenters. The second kappa shape index (κ2) is 19.8. The maximum absolute atomic E-state index is 15.0. The molecule has 0 radical (unpaired) electrons. The number of ketones is 3. The molecule has 8 nitrogen and oxygen atoms in total. The number of carbonyl (C=O) groups is 4. The van der Waals surface area contributed by atoms with Crippen molar-refractivity contribution in [2.75, 3.05) is 0 Å². The number of ether oxygens (including phenoxy) is 2. The van der Waals surface area contributed by atoms with E-state index in [9.17, 15) is 45.5 Å². The van der Waals surface area contributed by atoms with Crippen LogP contribution in [0.25, 0.3) is 11.1 Å². The molecular formula is C57H38F6O8. The van der Waals surface area contributed by atoms with Crippen LogP contribution in [-0.2, 0) is 10.3 Å². The number of halogens is 6. The van der Waals surface area contributed by atoms with Gasteiger partial charge in [0.1, 0.15) is 23.0 Å². The molecule has 0 aliphatic rings. The van der Waals surface area contributed by atoms with Crippen LogP contribution >= 0.6 is 0 Å². The third-order valence-corrected chi connectivity index (χ3v) is 11.8. The van der Waals surface area contributed by atoms with Gasteiger partial charge in [-0.15, -0.1) is 0 Å². The molecule has 0 fully saturated rings. The third-order valence-electron chi connectivity index (χ3n) is 11.8. The maximum Gasteiger partial charge on any atom is 0.411 e. The van der Waals surface area contributed by atoms with E-state index >= 15 is 0 Å². The smallest absolute Gasteiger partial charge is 0.411 e. The Kier molecular flexibility index (Phi) is 13.6.